The third-order valence-electron chi connectivity index (χ3n) is 4.53. The van der Waals surface area contributed by atoms with E-state index in [0.717, 1.165) is 43.4 Å². The molecule has 1 aromatic heterocycles. The van der Waals surface area contributed by atoms with Crippen LogP contribution in [0.25, 0.3) is 0 Å². The molecular formula is C19H27N3O2. The van der Waals surface area contributed by atoms with Crippen molar-refractivity contribution >= 4 is 0 Å². The Morgan fingerprint density at radius 3 is 2.67 bits per heavy atom. The lowest BCUT2D eigenvalue weighted by molar-refractivity contribution is 0.152. The second-order valence-corrected chi connectivity index (χ2v) is 6.73. The first kappa shape index (κ1) is 17.0. The van der Waals surface area contributed by atoms with Crippen LogP contribution < -0.4 is 10.1 Å². The van der Waals surface area contributed by atoms with Crippen LogP contribution in [0, 0.1) is 13.8 Å². The number of nitrogens with one attached hydrogen (secondary N) is 1. The number of hydrogen-bond acceptors (Lipinski definition) is 5. The molecule has 1 N–H and O–H groups in total. The van der Waals surface area contributed by atoms with Gasteiger partial charge < -0.3 is 14.6 Å². The summed E-state index contributed by atoms with van der Waals surface area (Å²) >= 11 is 0. The zero-order valence-corrected chi connectivity index (χ0v) is 15.0. The van der Waals surface area contributed by atoms with Gasteiger partial charge in [0.15, 0.2) is 0 Å². The fourth-order valence-corrected chi connectivity index (χ4v) is 3.24. The lowest BCUT2D eigenvalue weighted by atomic mass is 10.0. The molecule has 0 saturated carbocycles. The van der Waals surface area contributed by atoms with Crippen molar-refractivity contribution in [1.82, 2.24) is 15.4 Å². The Balaban J connectivity index is 1.77. The monoisotopic (exact) mass is 329 g/mol. The zero-order chi connectivity index (χ0) is 17.1. The first-order chi connectivity index (χ1) is 11.5. The maximum atomic E-state index is 5.75. The van der Waals surface area contributed by atoms with Gasteiger partial charge in [0.1, 0.15) is 11.5 Å². The molecule has 130 valence electrons. The molecule has 2 aromatic rings. The van der Waals surface area contributed by atoms with Gasteiger partial charge in [-0.15, -0.1) is 0 Å². The minimum absolute atomic E-state index is 0.197. The van der Waals surface area contributed by atoms with Crippen molar-refractivity contribution in [3.05, 3.63) is 46.8 Å². The molecule has 5 heteroatoms. The van der Waals surface area contributed by atoms with Crippen molar-refractivity contribution < 1.29 is 9.26 Å². The standard InChI is InChI=1S/C19H27N3O2/c1-13(2)23-17-7-5-16(6-8-17)19-11-20-9-10-22(19)12-18-14(3)21-24-15(18)4/h5-8,13,19-20H,9-12H2,1-4H3. The quantitative estimate of drug-likeness (QED) is 0.913. The van der Waals surface area contributed by atoms with E-state index in [0.29, 0.717) is 6.04 Å². The van der Waals surface area contributed by atoms with E-state index in [9.17, 15) is 0 Å². The first-order valence-corrected chi connectivity index (χ1v) is 8.67. The van der Waals surface area contributed by atoms with Crippen LogP contribution in [-0.2, 0) is 6.54 Å². The van der Waals surface area contributed by atoms with Crippen molar-refractivity contribution in [2.24, 2.45) is 0 Å². The van der Waals surface area contributed by atoms with Gasteiger partial charge in [0.05, 0.1) is 11.8 Å². The Labute approximate surface area is 144 Å². The van der Waals surface area contributed by atoms with Gasteiger partial charge in [-0.1, -0.05) is 17.3 Å². The lowest BCUT2D eigenvalue weighted by Crippen LogP contribution is -2.45. The Hall–Kier alpha value is -1.85. The van der Waals surface area contributed by atoms with Crippen LogP contribution in [0.4, 0.5) is 0 Å². The molecule has 24 heavy (non-hydrogen) atoms. The normalized spacial score (nSPS) is 19.0. The summed E-state index contributed by atoms with van der Waals surface area (Å²) in [5.74, 6) is 1.85. The fraction of sp³-hybridized carbons (Fsp3) is 0.526. The van der Waals surface area contributed by atoms with Crippen LogP contribution in [0.2, 0.25) is 0 Å². The largest absolute Gasteiger partial charge is 0.491 e. The van der Waals surface area contributed by atoms with Gasteiger partial charge in [-0.3, -0.25) is 4.90 Å². The molecular weight excluding hydrogens is 302 g/mol. The fourth-order valence-electron chi connectivity index (χ4n) is 3.24. The van der Waals surface area contributed by atoms with Crippen LogP contribution in [0.15, 0.2) is 28.8 Å². The van der Waals surface area contributed by atoms with Gasteiger partial charge in [0.2, 0.25) is 0 Å². The van der Waals surface area contributed by atoms with Crippen LogP contribution in [0.3, 0.4) is 0 Å². The number of rotatable bonds is 5. The Morgan fingerprint density at radius 1 is 1.29 bits per heavy atom. The minimum Gasteiger partial charge on any atom is -0.491 e. The molecule has 0 aliphatic carbocycles. The van der Waals surface area contributed by atoms with Crippen molar-refractivity contribution in [2.45, 2.75) is 46.4 Å². The molecule has 5 nitrogen and oxygen atoms in total. The lowest BCUT2D eigenvalue weighted by Gasteiger charge is -2.36. The Kier molecular flexibility index (Phi) is 5.21. The summed E-state index contributed by atoms with van der Waals surface area (Å²) in [5.41, 5.74) is 3.51. The number of ether oxygens (including phenoxy) is 1. The molecule has 1 saturated heterocycles. The number of benzene rings is 1. The van der Waals surface area contributed by atoms with Crippen LogP contribution in [0.5, 0.6) is 5.75 Å². The van der Waals surface area contributed by atoms with Crippen molar-refractivity contribution in [3.63, 3.8) is 0 Å². The van der Waals surface area contributed by atoms with Crippen LogP contribution in [0.1, 0.15) is 42.5 Å². The number of nitrogens with zero attached hydrogens (tertiary/aromatic N) is 2. The predicted molar refractivity (Wildman–Crippen MR) is 94.2 cm³/mol. The van der Waals surface area contributed by atoms with Gasteiger partial charge in [-0.25, -0.2) is 0 Å². The number of aryl methyl sites for hydroxylation is 2. The molecule has 3 rings (SSSR count). The summed E-state index contributed by atoms with van der Waals surface area (Å²) in [6.45, 7) is 11.9. The molecule has 2 heterocycles. The van der Waals surface area contributed by atoms with Crippen molar-refractivity contribution in [3.8, 4) is 5.75 Å². The highest BCUT2D eigenvalue weighted by Crippen LogP contribution is 2.27. The molecule has 1 fully saturated rings. The highest BCUT2D eigenvalue weighted by molar-refractivity contribution is 5.30. The predicted octanol–water partition coefficient (Wildman–Crippen LogP) is 3.23. The van der Waals surface area contributed by atoms with Gasteiger partial charge >= 0.3 is 0 Å². The molecule has 1 aliphatic heterocycles. The molecule has 1 aromatic carbocycles. The van der Waals surface area contributed by atoms with Gasteiger partial charge in [0.25, 0.3) is 0 Å². The summed E-state index contributed by atoms with van der Waals surface area (Å²) in [6.07, 6.45) is 0.197. The molecule has 1 unspecified atom stereocenters. The van der Waals surface area contributed by atoms with Crippen molar-refractivity contribution in [1.29, 1.82) is 0 Å². The number of aromatic nitrogens is 1. The number of piperazine rings is 1. The summed E-state index contributed by atoms with van der Waals surface area (Å²) < 4.78 is 11.1. The van der Waals surface area contributed by atoms with Gasteiger partial charge in [0, 0.05) is 37.8 Å². The summed E-state index contributed by atoms with van der Waals surface area (Å²) in [5, 5.41) is 7.59. The second-order valence-electron chi connectivity index (χ2n) is 6.73. The van der Waals surface area contributed by atoms with E-state index in [1.807, 2.05) is 27.7 Å². The molecule has 1 atom stereocenters. The Morgan fingerprint density at radius 2 is 2.04 bits per heavy atom. The van der Waals surface area contributed by atoms with Gasteiger partial charge in [-0.2, -0.15) is 0 Å². The molecule has 0 spiro atoms. The Bertz CT molecular complexity index is 644. The summed E-state index contributed by atoms with van der Waals surface area (Å²) in [7, 11) is 0. The van der Waals surface area contributed by atoms with Crippen LogP contribution in [-0.4, -0.2) is 35.8 Å². The van der Waals surface area contributed by atoms with E-state index < -0.39 is 0 Å². The summed E-state index contributed by atoms with van der Waals surface area (Å²) in [4.78, 5) is 2.50. The zero-order valence-electron chi connectivity index (χ0n) is 15.0. The smallest absolute Gasteiger partial charge is 0.138 e. The maximum Gasteiger partial charge on any atom is 0.138 e. The average molecular weight is 329 g/mol. The van der Waals surface area contributed by atoms with E-state index in [1.165, 1.54) is 11.1 Å². The average Bonchev–Trinajstić information content (AvgIpc) is 2.88. The van der Waals surface area contributed by atoms with E-state index in [4.69, 9.17) is 9.26 Å². The molecule has 0 amide bonds. The molecule has 0 bridgehead atoms. The SMILES string of the molecule is Cc1noc(C)c1CN1CCNCC1c1ccc(OC(C)C)cc1. The van der Waals surface area contributed by atoms with E-state index >= 15 is 0 Å². The summed E-state index contributed by atoms with van der Waals surface area (Å²) in [6, 6.07) is 8.84. The molecule has 1 aliphatic rings. The highest BCUT2D eigenvalue weighted by atomic mass is 16.5. The first-order valence-electron chi connectivity index (χ1n) is 8.67. The van der Waals surface area contributed by atoms with Gasteiger partial charge in [-0.05, 0) is 45.4 Å². The maximum absolute atomic E-state index is 5.75. The topological polar surface area (TPSA) is 50.5 Å². The van der Waals surface area contributed by atoms with Crippen LogP contribution >= 0.6 is 0 Å². The van der Waals surface area contributed by atoms with Crippen molar-refractivity contribution in [2.75, 3.05) is 19.6 Å². The third kappa shape index (κ3) is 3.79. The molecule has 0 radical (unpaired) electrons. The van der Waals surface area contributed by atoms with E-state index in [-0.39, 0.29) is 6.10 Å². The minimum atomic E-state index is 0.197. The third-order valence-corrected chi connectivity index (χ3v) is 4.53. The highest BCUT2D eigenvalue weighted by Gasteiger charge is 2.25. The van der Waals surface area contributed by atoms with E-state index in [2.05, 4.69) is 39.6 Å². The second kappa shape index (κ2) is 7.36. The number of hydrogen-bond donors (Lipinski definition) is 1. The van der Waals surface area contributed by atoms with E-state index in [1.54, 1.807) is 0 Å².